The van der Waals surface area contributed by atoms with Gasteiger partial charge in [-0.2, -0.15) is 0 Å². The Labute approximate surface area is 186 Å². The number of aromatic nitrogens is 1. The van der Waals surface area contributed by atoms with Crippen molar-refractivity contribution in [1.29, 1.82) is 0 Å². The third-order valence-electron chi connectivity index (χ3n) is 5.53. The maximum atomic E-state index is 10.4. The summed E-state index contributed by atoms with van der Waals surface area (Å²) < 4.78 is 2.29. The molecular weight excluding hydrogens is 415 g/mol. The van der Waals surface area contributed by atoms with Crippen LogP contribution in [0.5, 0.6) is 0 Å². The number of para-hydroxylation sites is 1. The molecule has 0 unspecified atom stereocenters. The minimum Gasteiger partial charge on any atom is -0.387 e. The highest BCUT2D eigenvalue weighted by atomic mass is 35.5. The van der Waals surface area contributed by atoms with Crippen LogP contribution < -0.4 is 5.32 Å². The summed E-state index contributed by atoms with van der Waals surface area (Å²) >= 11 is 12.5. The van der Waals surface area contributed by atoms with Crippen molar-refractivity contribution in [1.82, 2.24) is 9.88 Å². The van der Waals surface area contributed by atoms with Gasteiger partial charge in [0.2, 0.25) is 0 Å². The lowest BCUT2D eigenvalue weighted by Gasteiger charge is -2.13. The molecule has 0 radical (unpaired) electrons. The fourth-order valence-corrected chi connectivity index (χ4v) is 4.35. The van der Waals surface area contributed by atoms with E-state index in [1.807, 2.05) is 42.5 Å². The molecular formula is C25H24Cl2N2O. The second-order valence-corrected chi connectivity index (χ2v) is 8.30. The molecule has 3 aromatic carbocycles. The summed E-state index contributed by atoms with van der Waals surface area (Å²) in [5.41, 5.74) is 5.53. The zero-order chi connectivity index (χ0) is 21.1. The zero-order valence-electron chi connectivity index (χ0n) is 16.8. The Bertz CT molecular complexity index is 1150. The van der Waals surface area contributed by atoms with Crippen LogP contribution in [0.4, 0.5) is 0 Å². The van der Waals surface area contributed by atoms with Gasteiger partial charge in [-0.3, -0.25) is 0 Å². The van der Waals surface area contributed by atoms with E-state index in [0.29, 0.717) is 29.7 Å². The number of nitrogens with zero attached hydrogens (tertiary/aromatic N) is 1. The van der Waals surface area contributed by atoms with Gasteiger partial charge in [0.1, 0.15) is 0 Å². The fraction of sp³-hybridized carbons (Fsp3) is 0.200. The Morgan fingerprint density at radius 2 is 1.70 bits per heavy atom. The van der Waals surface area contributed by atoms with Gasteiger partial charge >= 0.3 is 0 Å². The van der Waals surface area contributed by atoms with E-state index in [0.717, 1.165) is 11.1 Å². The highest BCUT2D eigenvalue weighted by molar-refractivity contribution is 6.35. The van der Waals surface area contributed by atoms with Gasteiger partial charge in [0.25, 0.3) is 0 Å². The zero-order valence-corrected chi connectivity index (χ0v) is 18.3. The summed E-state index contributed by atoms with van der Waals surface area (Å²) in [6, 6.07) is 23.8. The van der Waals surface area contributed by atoms with Gasteiger partial charge in [-0.15, -0.1) is 0 Å². The molecule has 2 N–H and O–H groups in total. The molecule has 0 aliphatic heterocycles. The largest absolute Gasteiger partial charge is 0.387 e. The van der Waals surface area contributed by atoms with Crippen LogP contribution in [0.25, 0.3) is 10.9 Å². The smallest absolute Gasteiger partial charge is 0.0914 e. The molecule has 4 aromatic rings. The fourth-order valence-electron chi connectivity index (χ4n) is 3.88. The van der Waals surface area contributed by atoms with Crippen LogP contribution in [-0.2, 0) is 13.1 Å². The van der Waals surface area contributed by atoms with Gasteiger partial charge in [-0.25, -0.2) is 0 Å². The van der Waals surface area contributed by atoms with Gasteiger partial charge in [-0.1, -0.05) is 77.8 Å². The van der Waals surface area contributed by atoms with Gasteiger partial charge in [-0.05, 0) is 41.8 Å². The highest BCUT2D eigenvalue weighted by Gasteiger charge is 2.15. The second kappa shape index (κ2) is 9.23. The normalized spacial score (nSPS) is 12.4. The molecule has 0 spiro atoms. The van der Waals surface area contributed by atoms with Crippen LogP contribution in [-0.4, -0.2) is 16.2 Å². The van der Waals surface area contributed by atoms with Crippen molar-refractivity contribution in [2.24, 2.45) is 0 Å². The highest BCUT2D eigenvalue weighted by Crippen LogP contribution is 2.29. The van der Waals surface area contributed by atoms with E-state index < -0.39 is 6.10 Å². The van der Waals surface area contributed by atoms with E-state index in [9.17, 15) is 5.11 Å². The Kier molecular flexibility index (Phi) is 6.45. The molecule has 1 heterocycles. The quantitative estimate of drug-likeness (QED) is 0.364. The van der Waals surface area contributed by atoms with Crippen LogP contribution in [0.1, 0.15) is 28.5 Å². The molecule has 5 heteroatoms. The number of aliphatic hydroxyl groups excluding tert-OH is 1. The molecule has 0 aliphatic carbocycles. The number of hydrogen-bond acceptors (Lipinski definition) is 2. The summed E-state index contributed by atoms with van der Waals surface area (Å²) in [5.74, 6) is 0. The van der Waals surface area contributed by atoms with Crippen LogP contribution in [0.15, 0.2) is 72.8 Å². The van der Waals surface area contributed by atoms with Crippen molar-refractivity contribution in [3.8, 4) is 0 Å². The van der Waals surface area contributed by atoms with Gasteiger partial charge < -0.3 is 15.0 Å². The molecule has 0 aliphatic rings. The molecule has 0 amide bonds. The van der Waals surface area contributed by atoms with Crippen LogP contribution >= 0.6 is 23.2 Å². The molecule has 1 atom stereocenters. The van der Waals surface area contributed by atoms with Gasteiger partial charge in [0.15, 0.2) is 0 Å². The molecule has 1 aromatic heterocycles. The topological polar surface area (TPSA) is 37.2 Å². The van der Waals surface area contributed by atoms with Crippen molar-refractivity contribution in [3.05, 3.63) is 105 Å². The number of benzene rings is 3. The number of hydrogen-bond donors (Lipinski definition) is 2. The molecule has 30 heavy (non-hydrogen) atoms. The number of nitrogens with one attached hydrogen (secondary N) is 1. The third kappa shape index (κ3) is 4.40. The van der Waals surface area contributed by atoms with Gasteiger partial charge in [0.05, 0.1) is 6.10 Å². The summed E-state index contributed by atoms with van der Waals surface area (Å²) in [6.45, 7) is 3.98. The van der Waals surface area contributed by atoms with Crippen molar-refractivity contribution in [2.45, 2.75) is 26.1 Å². The Balaban J connectivity index is 1.57. The monoisotopic (exact) mass is 438 g/mol. The first-order valence-corrected chi connectivity index (χ1v) is 10.7. The standard InChI is InChI=1S/C25H24Cl2N2O/c1-17-22(14-28-15-25(30)18-7-3-2-4-8-18)21-9-5-6-10-24(21)29(17)16-19-11-12-20(26)13-23(19)27/h2-13,25,28,30H,14-16H2,1H3/t25-/m0/s1. The number of halogens is 2. The van der Waals surface area contributed by atoms with Crippen LogP contribution in [0, 0.1) is 6.92 Å². The first-order valence-electron chi connectivity index (χ1n) is 9.99. The van der Waals surface area contributed by atoms with Gasteiger partial charge in [0, 0.05) is 46.3 Å². The van der Waals surface area contributed by atoms with Crippen LogP contribution in [0.2, 0.25) is 10.0 Å². The average molecular weight is 439 g/mol. The summed E-state index contributed by atoms with van der Waals surface area (Å²) in [5, 5.41) is 16.4. The van der Waals surface area contributed by atoms with E-state index in [2.05, 4.69) is 41.1 Å². The minimum atomic E-state index is -0.535. The first-order chi connectivity index (χ1) is 14.5. The molecule has 0 bridgehead atoms. The van der Waals surface area contributed by atoms with Crippen molar-refractivity contribution in [2.75, 3.05) is 6.54 Å². The van der Waals surface area contributed by atoms with E-state index >= 15 is 0 Å². The number of fused-ring (bicyclic) bond motifs is 1. The van der Waals surface area contributed by atoms with E-state index in [-0.39, 0.29) is 0 Å². The van der Waals surface area contributed by atoms with Crippen LogP contribution in [0.3, 0.4) is 0 Å². The summed E-state index contributed by atoms with van der Waals surface area (Å²) in [4.78, 5) is 0. The van der Waals surface area contributed by atoms with E-state index in [4.69, 9.17) is 23.2 Å². The second-order valence-electron chi connectivity index (χ2n) is 7.46. The molecule has 0 saturated carbocycles. The Morgan fingerprint density at radius 3 is 2.47 bits per heavy atom. The lowest BCUT2D eigenvalue weighted by molar-refractivity contribution is 0.174. The maximum Gasteiger partial charge on any atom is 0.0914 e. The summed E-state index contributed by atoms with van der Waals surface area (Å²) in [6.07, 6.45) is -0.535. The SMILES string of the molecule is Cc1c(CNC[C@H](O)c2ccccc2)c2ccccc2n1Cc1ccc(Cl)cc1Cl. The van der Waals surface area contributed by atoms with Crippen molar-refractivity contribution < 1.29 is 5.11 Å². The first kappa shape index (κ1) is 21.0. The van der Waals surface area contributed by atoms with Crippen molar-refractivity contribution in [3.63, 3.8) is 0 Å². The molecule has 3 nitrogen and oxygen atoms in total. The summed E-state index contributed by atoms with van der Waals surface area (Å²) in [7, 11) is 0. The molecule has 0 saturated heterocycles. The lowest BCUT2D eigenvalue weighted by Crippen LogP contribution is -2.21. The maximum absolute atomic E-state index is 10.4. The Morgan fingerprint density at radius 1 is 0.967 bits per heavy atom. The predicted molar refractivity (Wildman–Crippen MR) is 125 cm³/mol. The van der Waals surface area contributed by atoms with E-state index in [1.165, 1.54) is 22.2 Å². The Hall–Kier alpha value is -2.30. The average Bonchev–Trinajstić information content (AvgIpc) is 3.02. The van der Waals surface area contributed by atoms with E-state index in [1.54, 1.807) is 6.07 Å². The number of aliphatic hydroxyl groups is 1. The third-order valence-corrected chi connectivity index (χ3v) is 6.12. The van der Waals surface area contributed by atoms with Crippen molar-refractivity contribution >= 4 is 34.1 Å². The predicted octanol–water partition coefficient (Wildman–Crippen LogP) is 6.13. The molecule has 0 fully saturated rings. The molecule has 4 rings (SSSR count). The number of rotatable bonds is 7. The molecule has 154 valence electrons. The minimum absolute atomic E-state index is 0.492. The lowest BCUT2D eigenvalue weighted by atomic mass is 10.1.